The van der Waals surface area contributed by atoms with E-state index in [1.54, 1.807) is 19.1 Å². The van der Waals surface area contributed by atoms with Gasteiger partial charge in [-0.2, -0.15) is 10.2 Å². The largest absolute Gasteiger partial charge is 0.487 e. The van der Waals surface area contributed by atoms with E-state index in [2.05, 4.69) is 20.7 Å². The third-order valence-electron chi connectivity index (χ3n) is 6.00. The second-order valence-electron chi connectivity index (χ2n) is 8.22. The molecule has 4 aromatic rings. The molecule has 0 atom stereocenters. The lowest BCUT2D eigenvalue weighted by Crippen LogP contribution is -2.16. The number of hydrogen-bond donors (Lipinski definition) is 1. The van der Waals surface area contributed by atoms with Crippen molar-refractivity contribution in [3.05, 3.63) is 74.6 Å². The molecule has 0 bridgehead atoms. The smallest absolute Gasteiger partial charge is 0.278 e. The lowest BCUT2D eigenvalue weighted by molar-refractivity contribution is 0.101. The highest BCUT2D eigenvalue weighted by molar-refractivity contribution is 6.32. The number of rotatable bonds is 7. The maximum absolute atomic E-state index is 13.1. The van der Waals surface area contributed by atoms with E-state index in [0.29, 0.717) is 40.0 Å². The maximum Gasteiger partial charge on any atom is 0.278 e. The van der Waals surface area contributed by atoms with Crippen LogP contribution < -0.4 is 10.1 Å². The van der Waals surface area contributed by atoms with Gasteiger partial charge in [0, 0.05) is 18.3 Å². The zero-order valence-corrected chi connectivity index (χ0v) is 20.8. The Morgan fingerprint density at radius 2 is 1.79 bits per heavy atom. The zero-order valence-electron chi connectivity index (χ0n) is 20.1. The third kappa shape index (κ3) is 4.43. The molecule has 178 valence electrons. The number of anilines is 1. The van der Waals surface area contributed by atoms with E-state index in [9.17, 15) is 4.79 Å². The van der Waals surface area contributed by atoms with Crippen LogP contribution >= 0.6 is 11.6 Å². The van der Waals surface area contributed by atoms with Gasteiger partial charge in [0.1, 0.15) is 18.1 Å². The fourth-order valence-corrected chi connectivity index (χ4v) is 4.04. The van der Waals surface area contributed by atoms with Crippen LogP contribution in [0.3, 0.4) is 0 Å². The van der Waals surface area contributed by atoms with Gasteiger partial charge in [0.05, 0.1) is 39.9 Å². The van der Waals surface area contributed by atoms with Crippen molar-refractivity contribution in [3.63, 3.8) is 0 Å². The molecule has 0 spiro atoms. The van der Waals surface area contributed by atoms with Crippen molar-refractivity contribution in [1.82, 2.24) is 24.7 Å². The van der Waals surface area contributed by atoms with E-state index in [1.165, 1.54) is 0 Å². The fraction of sp³-hybridized carbons (Fsp3) is 0.333. The molecule has 0 fully saturated rings. The first-order valence-corrected chi connectivity index (χ1v) is 11.2. The molecule has 34 heavy (non-hydrogen) atoms. The van der Waals surface area contributed by atoms with Gasteiger partial charge in [-0.15, -0.1) is 0 Å². The summed E-state index contributed by atoms with van der Waals surface area (Å²) in [5, 5.41) is 16.5. The first-order chi connectivity index (χ1) is 16.2. The summed E-state index contributed by atoms with van der Waals surface area (Å²) in [4.78, 5) is 13.1. The molecule has 0 saturated carbocycles. The predicted octanol–water partition coefficient (Wildman–Crippen LogP) is 4.68. The van der Waals surface area contributed by atoms with Crippen LogP contribution in [0, 0.1) is 34.6 Å². The molecule has 10 heteroatoms. The SMILES string of the molecule is Cc1nn(C)c(C)c1Cn1nc(C)c(NC(=O)c2noc(C)c2COc2ccccc2Cl)c1C. The number of amides is 1. The van der Waals surface area contributed by atoms with Crippen LogP contribution in [0.1, 0.15) is 50.2 Å². The first-order valence-electron chi connectivity index (χ1n) is 10.8. The summed E-state index contributed by atoms with van der Waals surface area (Å²) in [6, 6.07) is 7.15. The summed E-state index contributed by atoms with van der Waals surface area (Å²) in [6.07, 6.45) is 0. The Kier molecular flexibility index (Phi) is 6.47. The Hall–Kier alpha value is -3.59. The Bertz CT molecular complexity index is 1370. The average Bonchev–Trinajstić information content (AvgIpc) is 3.38. The molecule has 1 amide bonds. The van der Waals surface area contributed by atoms with E-state index >= 15 is 0 Å². The maximum atomic E-state index is 13.1. The van der Waals surface area contributed by atoms with Gasteiger partial charge in [0.15, 0.2) is 5.69 Å². The van der Waals surface area contributed by atoms with Crippen LogP contribution in [0.5, 0.6) is 5.75 Å². The topological polar surface area (TPSA) is 100 Å². The minimum absolute atomic E-state index is 0.0958. The highest BCUT2D eigenvalue weighted by Crippen LogP contribution is 2.27. The molecule has 0 radical (unpaired) electrons. The van der Waals surface area contributed by atoms with E-state index < -0.39 is 5.91 Å². The summed E-state index contributed by atoms with van der Waals surface area (Å²) in [5.74, 6) is 0.628. The molecule has 3 aromatic heterocycles. The lowest BCUT2D eigenvalue weighted by atomic mass is 10.2. The first kappa shape index (κ1) is 23.6. The molecular weight excluding hydrogens is 456 g/mol. The van der Waals surface area contributed by atoms with Crippen molar-refractivity contribution in [3.8, 4) is 5.75 Å². The van der Waals surface area contributed by atoms with Crippen LogP contribution in [0.2, 0.25) is 5.02 Å². The van der Waals surface area contributed by atoms with E-state index in [-0.39, 0.29) is 12.3 Å². The molecule has 3 heterocycles. The molecule has 0 saturated heterocycles. The summed E-state index contributed by atoms with van der Waals surface area (Å²) in [6.45, 7) is 10.2. The number of hydrogen-bond acceptors (Lipinski definition) is 6. The molecule has 9 nitrogen and oxygen atoms in total. The van der Waals surface area contributed by atoms with Gasteiger partial charge >= 0.3 is 0 Å². The molecule has 0 aliphatic rings. The molecule has 0 aliphatic heterocycles. The highest BCUT2D eigenvalue weighted by Gasteiger charge is 2.24. The number of carbonyl (C=O) groups is 1. The minimum Gasteiger partial charge on any atom is -0.487 e. The van der Waals surface area contributed by atoms with Crippen molar-refractivity contribution < 1.29 is 14.1 Å². The number of aromatic nitrogens is 5. The normalized spacial score (nSPS) is 11.1. The van der Waals surface area contributed by atoms with Crippen molar-refractivity contribution in [2.24, 2.45) is 7.05 Å². The number of benzene rings is 1. The molecular formula is C24H27ClN6O3. The lowest BCUT2D eigenvalue weighted by Gasteiger charge is -2.09. The standard InChI is InChI=1S/C24H27ClN6O3/c1-13-18(15(3)30(6)27-13)11-31-16(4)22(14(2)28-31)26-24(32)23-19(17(5)34-29-23)12-33-21-10-8-7-9-20(21)25/h7-10H,11-12H2,1-6H3,(H,26,32). The number of nitrogens with one attached hydrogen (secondary N) is 1. The van der Waals surface area contributed by atoms with Gasteiger partial charge < -0.3 is 14.6 Å². The van der Waals surface area contributed by atoms with Crippen LogP contribution in [0.25, 0.3) is 0 Å². The predicted molar refractivity (Wildman–Crippen MR) is 128 cm³/mol. The Labute approximate surface area is 202 Å². The van der Waals surface area contributed by atoms with Gasteiger partial charge in [0.25, 0.3) is 5.91 Å². The molecule has 1 aromatic carbocycles. The van der Waals surface area contributed by atoms with Crippen molar-refractivity contribution in [2.75, 3.05) is 5.32 Å². The Morgan fingerprint density at radius 3 is 2.47 bits per heavy atom. The Morgan fingerprint density at radius 1 is 1.06 bits per heavy atom. The van der Waals surface area contributed by atoms with Gasteiger partial charge in [0.2, 0.25) is 0 Å². The number of nitrogens with zero attached hydrogens (tertiary/aromatic N) is 5. The van der Waals surface area contributed by atoms with Crippen molar-refractivity contribution >= 4 is 23.2 Å². The third-order valence-corrected chi connectivity index (χ3v) is 6.31. The molecule has 1 N–H and O–H groups in total. The van der Waals surface area contributed by atoms with E-state index in [0.717, 1.165) is 22.6 Å². The van der Waals surface area contributed by atoms with Crippen LogP contribution in [0.15, 0.2) is 28.8 Å². The summed E-state index contributed by atoms with van der Waals surface area (Å²) in [7, 11) is 1.92. The van der Waals surface area contributed by atoms with Crippen molar-refractivity contribution in [1.29, 1.82) is 0 Å². The van der Waals surface area contributed by atoms with E-state index in [4.69, 9.17) is 20.9 Å². The van der Waals surface area contributed by atoms with Crippen LogP contribution in [-0.4, -0.2) is 30.6 Å². The quantitative estimate of drug-likeness (QED) is 0.410. The molecule has 0 aliphatic carbocycles. The number of halogens is 1. The fourth-order valence-electron chi connectivity index (χ4n) is 3.85. The second kappa shape index (κ2) is 9.34. The molecule has 0 unspecified atom stereocenters. The van der Waals surface area contributed by atoms with Crippen molar-refractivity contribution in [2.45, 2.75) is 47.8 Å². The number of aryl methyl sites for hydroxylation is 4. The Balaban J connectivity index is 1.54. The summed E-state index contributed by atoms with van der Waals surface area (Å²) >= 11 is 6.17. The monoisotopic (exact) mass is 482 g/mol. The summed E-state index contributed by atoms with van der Waals surface area (Å²) in [5.41, 5.74) is 6.05. The van der Waals surface area contributed by atoms with Gasteiger partial charge in [-0.3, -0.25) is 14.2 Å². The number of para-hydroxylation sites is 1. The van der Waals surface area contributed by atoms with E-state index in [1.807, 2.05) is 56.2 Å². The number of ether oxygens (including phenoxy) is 1. The minimum atomic E-state index is -0.394. The van der Waals surface area contributed by atoms with Crippen LogP contribution in [-0.2, 0) is 20.2 Å². The van der Waals surface area contributed by atoms with Gasteiger partial charge in [-0.1, -0.05) is 28.9 Å². The van der Waals surface area contributed by atoms with Gasteiger partial charge in [-0.05, 0) is 46.8 Å². The average molecular weight is 483 g/mol. The second-order valence-corrected chi connectivity index (χ2v) is 8.62. The highest BCUT2D eigenvalue weighted by atomic mass is 35.5. The van der Waals surface area contributed by atoms with Gasteiger partial charge in [-0.25, -0.2) is 0 Å². The number of carbonyl (C=O) groups excluding carboxylic acids is 1. The van der Waals surface area contributed by atoms with Crippen LogP contribution in [0.4, 0.5) is 5.69 Å². The summed E-state index contributed by atoms with van der Waals surface area (Å²) < 4.78 is 14.8. The molecule has 4 rings (SSSR count). The zero-order chi connectivity index (χ0) is 24.6.